The van der Waals surface area contributed by atoms with E-state index in [0.717, 1.165) is 0 Å². The number of rotatable bonds is 7. The first kappa shape index (κ1) is 17.3. The Hall–Kier alpha value is -3.09. The highest BCUT2D eigenvalue weighted by Gasteiger charge is 2.20. The summed E-state index contributed by atoms with van der Waals surface area (Å²) in [6.45, 7) is 1.11. The maximum absolute atomic E-state index is 12.2. The molecule has 1 unspecified atom stereocenters. The highest BCUT2D eigenvalue weighted by atomic mass is 16.5. The van der Waals surface area contributed by atoms with Crippen molar-refractivity contribution < 1.29 is 28.3 Å². The molecule has 1 N–H and O–H groups in total. The van der Waals surface area contributed by atoms with Gasteiger partial charge in [0.25, 0.3) is 5.91 Å². The Morgan fingerprint density at radius 3 is 2.46 bits per heavy atom. The Labute approximate surface area is 138 Å². The van der Waals surface area contributed by atoms with Crippen molar-refractivity contribution in [3.8, 4) is 5.75 Å². The standard InChI is InChI=1S/C17H17NO6/c1-11(16(20)12-5-7-13(22-2)8-6-12)24-15(19)10-18-17(21)14-4-3-9-23-14/h3-9,11H,10H2,1-2H3,(H,18,21). The molecule has 0 aliphatic heterocycles. The number of amides is 1. The lowest BCUT2D eigenvalue weighted by Crippen LogP contribution is -2.33. The summed E-state index contributed by atoms with van der Waals surface area (Å²) in [5.41, 5.74) is 0.399. The van der Waals surface area contributed by atoms with Gasteiger partial charge in [0.1, 0.15) is 12.3 Å². The molecular formula is C17H17NO6. The summed E-state index contributed by atoms with van der Waals surface area (Å²) in [7, 11) is 1.53. The molecule has 2 aromatic rings. The second-order valence-corrected chi connectivity index (χ2v) is 4.88. The molecule has 7 heteroatoms. The first-order valence-electron chi connectivity index (χ1n) is 7.20. The Morgan fingerprint density at radius 2 is 1.88 bits per heavy atom. The zero-order valence-electron chi connectivity index (χ0n) is 13.3. The average molecular weight is 331 g/mol. The number of furan rings is 1. The van der Waals surface area contributed by atoms with Crippen LogP contribution < -0.4 is 10.1 Å². The molecule has 1 amide bonds. The van der Waals surface area contributed by atoms with Crippen LogP contribution in [0.4, 0.5) is 0 Å². The minimum Gasteiger partial charge on any atom is -0.497 e. The number of ketones is 1. The van der Waals surface area contributed by atoms with E-state index < -0.39 is 18.0 Å². The van der Waals surface area contributed by atoms with Crippen LogP contribution in [0.15, 0.2) is 47.1 Å². The minimum absolute atomic E-state index is 0.0881. The summed E-state index contributed by atoms with van der Waals surface area (Å²) in [4.78, 5) is 35.5. The summed E-state index contributed by atoms with van der Waals surface area (Å²) in [5, 5.41) is 2.35. The van der Waals surface area contributed by atoms with Crippen LogP contribution in [0.5, 0.6) is 5.75 Å². The summed E-state index contributed by atoms with van der Waals surface area (Å²) >= 11 is 0. The van der Waals surface area contributed by atoms with E-state index in [1.807, 2.05) is 0 Å². The van der Waals surface area contributed by atoms with Crippen LogP contribution >= 0.6 is 0 Å². The van der Waals surface area contributed by atoms with E-state index in [2.05, 4.69) is 5.32 Å². The largest absolute Gasteiger partial charge is 0.497 e. The summed E-state index contributed by atoms with van der Waals surface area (Å²) in [6, 6.07) is 9.49. The monoisotopic (exact) mass is 331 g/mol. The fourth-order valence-electron chi connectivity index (χ4n) is 1.93. The van der Waals surface area contributed by atoms with Crippen molar-refractivity contribution in [2.75, 3.05) is 13.7 Å². The van der Waals surface area contributed by atoms with Crippen molar-refractivity contribution >= 4 is 17.7 Å². The van der Waals surface area contributed by atoms with Crippen LogP contribution in [0.1, 0.15) is 27.8 Å². The van der Waals surface area contributed by atoms with Gasteiger partial charge in [-0.1, -0.05) is 0 Å². The maximum atomic E-state index is 12.2. The van der Waals surface area contributed by atoms with Crippen LogP contribution in [0.25, 0.3) is 0 Å². The van der Waals surface area contributed by atoms with Crippen molar-refractivity contribution in [1.29, 1.82) is 0 Å². The predicted molar refractivity (Wildman–Crippen MR) is 83.9 cm³/mol. The lowest BCUT2D eigenvalue weighted by molar-refractivity contribution is -0.145. The normalized spacial score (nSPS) is 11.4. The van der Waals surface area contributed by atoms with E-state index in [4.69, 9.17) is 13.9 Å². The first-order chi connectivity index (χ1) is 11.5. The molecular weight excluding hydrogens is 314 g/mol. The van der Waals surface area contributed by atoms with Crippen molar-refractivity contribution in [3.63, 3.8) is 0 Å². The molecule has 0 spiro atoms. The number of ether oxygens (including phenoxy) is 2. The number of Topliss-reactive ketones (excluding diaryl/α,β-unsaturated/α-hetero) is 1. The Bertz CT molecular complexity index is 705. The molecule has 0 fully saturated rings. The van der Waals surface area contributed by atoms with Crippen LogP contribution in [-0.4, -0.2) is 37.4 Å². The topological polar surface area (TPSA) is 94.8 Å². The van der Waals surface area contributed by atoms with E-state index in [0.29, 0.717) is 11.3 Å². The van der Waals surface area contributed by atoms with Crippen molar-refractivity contribution in [2.24, 2.45) is 0 Å². The molecule has 1 atom stereocenters. The molecule has 0 saturated heterocycles. The number of hydrogen-bond donors (Lipinski definition) is 1. The fraction of sp³-hybridized carbons (Fsp3) is 0.235. The highest BCUT2D eigenvalue weighted by molar-refractivity contribution is 6.00. The third-order valence-electron chi connectivity index (χ3n) is 3.19. The summed E-state index contributed by atoms with van der Waals surface area (Å²) in [5.74, 6) is -0.888. The van der Waals surface area contributed by atoms with Crippen molar-refractivity contribution in [1.82, 2.24) is 5.32 Å². The van der Waals surface area contributed by atoms with Gasteiger partial charge in [0.15, 0.2) is 11.9 Å². The number of benzene rings is 1. The zero-order valence-corrected chi connectivity index (χ0v) is 13.3. The van der Waals surface area contributed by atoms with Gasteiger partial charge < -0.3 is 19.2 Å². The Kier molecular flexibility index (Phi) is 5.73. The van der Waals surface area contributed by atoms with Gasteiger partial charge in [-0.05, 0) is 43.3 Å². The van der Waals surface area contributed by atoms with Gasteiger partial charge in [-0.15, -0.1) is 0 Å². The van der Waals surface area contributed by atoms with Gasteiger partial charge in [-0.25, -0.2) is 0 Å². The third-order valence-corrected chi connectivity index (χ3v) is 3.19. The molecule has 0 aliphatic rings. The van der Waals surface area contributed by atoms with Crippen LogP contribution in [-0.2, 0) is 9.53 Å². The molecule has 1 aromatic heterocycles. The summed E-state index contributed by atoms with van der Waals surface area (Å²) in [6.07, 6.45) is 0.384. The van der Waals surface area contributed by atoms with E-state index in [1.54, 1.807) is 30.3 Å². The van der Waals surface area contributed by atoms with Crippen molar-refractivity contribution in [2.45, 2.75) is 13.0 Å². The zero-order chi connectivity index (χ0) is 17.5. The Morgan fingerprint density at radius 1 is 1.17 bits per heavy atom. The van der Waals surface area contributed by atoms with Gasteiger partial charge in [0.05, 0.1) is 13.4 Å². The molecule has 0 bridgehead atoms. The molecule has 24 heavy (non-hydrogen) atoms. The number of esters is 1. The minimum atomic E-state index is -0.966. The number of carbonyl (C=O) groups is 3. The molecule has 1 heterocycles. The SMILES string of the molecule is COc1ccc(C(=O)C(C)OC(=O)CNC(=O)c2ccco2)cc1. The summed E-state index contributed by atoms with van der Waals surface area (Å²) < 4.78 is 14.9. The number of carbonyl (C=O) groups excluding carboxylic acids is 3. The highest BCUT2D eigenvalue weighted by Crippen LogP contribution is 2.13. The van der Waals surface area contributed by atoms with Gasteiger partial charge in [-0.3, -0.25) is 14.4 Å². The molecule has 0 saturated carbocycles. The maximum Gasteiger partial charge on any atom is 0.326 e. The molecule has 1 aromatic carbocycles. The quantitative estimate of drug-likeness (QED) is 0.614. The van der Waals surface area contributed by atoms with Crippen LogP contribution in [0.2, 0.25) is 0 Å². The molecule has 0 radical (unpaired) electrons. The van der Waals surface area contributed by atoms with Crippen LogP contribution in [0, 0.1) is 0 Å². The third kappa shape index (κ3) is 4.45. The van der Waals surface area contributed by atoms with Crippen molar-refractivity contribution in [3.05, 3.63) is 54.0 Å². The second-order valence-electron chi connectivity index (χ2n) is 4.88. The molecule has 0 aliphatic carbocycles. The molecule has 126 valence electrons. The number of methoxy groups -OCH3 is 1. The van der Waals surface area contributed by atoms with Crippen LogP contribution in [0.3, 0.4) is 0 Å². The van der Waals surface area contributed by atoms with E-state index in [9.17, 15) is 14.4 Å². The van der Waals surface area contributed by atoms with E-state index in [-0.39, 0.29) is 18.1 Å². The average Bonchev–Trinajstić information content (AvgIpc) is 3.13. The molecule has 7 nitrogen and oxygen atoms in total. The second kappa shape index (κ2) is 7.96. The smallest absolute Gasteiger partial charge is 0.326 e. The lowest BCUT2D eigenvalue weighted by atomic mass is 10.1. The first-order valence-corrected chi connectivity index (χ1v) is 7.20. The van der Waals surface area contributed by atoms with Gasteiger partial charge >= 0.3 is 5.97 Å². The van der Waals surface area contributed by atoms with Gasteiger partial charge in [0, 0.05) is 5.56 Å². The van der Waals surface area contributed by atoms with Gasteiger partial charge in [0.2, 0.25) is 5.78 Å². The van der Waals surface area contributed by atoms with Gasteiger partial charge in [-0.2, -0.15) is 0 Å². The lowest BCUT2D eigenvalue weighted by Gasteiger charge is -2.13. The predicted octanol–water partition coefficient (Wildman–Crippen LogP) is 1.83. The number of hydrogen-bond acceptors (Lipinski definition) is 6. The Balaban J connectivity index is 1.83. The van der Waals surface area contributed by atoms with E-state index in [1.165, 1.54) is 26.4 Å². The number of nitrogens with one attached hydrogen (secondary N) is 1. The fourth-order valence-corrected chi connectivity index (χ4v) is 1.93. The van der Waals surface area contributed by atoms with E-state index >= 15 is 0 Å². The molecule has 2 rings (SSSR count).